The minimum Gasteiger partial charge on any atom is -0.426 e. The van der Waals surface area contributed by atoms with Crippen LogP contribution in [0.5, 0.6) is 11.5 Å². The zero-order valence-corrected chi connectivity index (χ0v) is 18.2. The van der Waals surface area contributed by atoms with Crippen LogP contribution < -0.4 is 9.47 Å². The number of carbonyl (C=O) groups is 2. The highest BCUT2D eigenvalue weighted by atomic mass is 16.7. The van der Waals surface area contributed by atoms with Crippen molar-refractivity contribution < 1.29 is 33.6 Å². The molecule has 0 heterocycles. The van der Waals surface area contributed by atoms with Crippen LogP contribution in [0.15, 0.2) is 60.7 Å². The van der Waals surface area contributed by atoms with Crippen LogP contribution in [-0.4, -0.2) is 28.1 Å². The molecule has 1 aliphatic rings. The molecule has 34 heavy (non-hydrogen) atoms. The van der Waals surface area contributed by atoms with Gasteiger partial charge in [0.05, 0.1) is 15.3 Å². The molecule has 0 saturated carbocycles. The second kappa shape index (κ2) is 10.6. The van der Waals surface area contributed by atoms with E-state index in [1.54, 1.807) is 19.1 Å². The SMILES string of the molecule is C[C@]1(C(=O)Oc2ccc([N+](=O)[O-])cc2)CC/C=C/[C@@H](OC(=O)Oc2ccc([N+](=O)[O-])cc2)CC1. The molecule has 11 heteroatoms. The van der Waals surface area contributed by atoms with Crippen molar-refractivity contribution in [3.8, 4) is 11.5 Å². The Balaban J connectivity index is 1.57. The standard InChI is InChI=1S/C23H22N2O9/c1-23(21(26)32-19-9-5-16(6-10-19)24(28)29)14-3-2-4-18(13-15-23)33-22(27)34-20-11-7-17(8-12-20)25(30)31/h2,4-12,18H,3,13-15H2,1H3/b4-2+/t18-,23+/m1/s1. The third-order valence-corrected chi connectivity index (χ3v) is 5.44. The lowest BCUT2D eigenvalue weighted by Crippen LogP contribution is -2.34. The summed E-state index contributed by atoms with van der Waals surface area (Å²) in [6.45, 7) is 1.76. The van der Waals surface area contributed by atoms with E-state index in [0.717, 1.165) is 0 Å². The maximum absolute atomic E-state index is 12.9. The van der Waals surface area contributed by atoms with Gasteiger partial charge in [-0.05, 0) is 62.9 Å². The van der Waals surface area contributed by atoms with Gasteiger partial charge in [0.25, 0.3) is 11.4 Å². The summed E-state index contributed by atoms with van der Waals surface area (Å²) < 4.78 is 15.9. The van der Waals surface area contributed by atoms with Gasteiger partial charge in [0, 0.05) is 24.3 Å². The lowest BCUT2D eigenvalue weighted by atomic mass is 9.79. The van der Waals surface area contributed by atoms with Crippen LogP contribution in [0.2, 0.25) is 0 Å². The molecular weight excluding hydrogens is 448 g/mol. The molecule has 0 saturated heterocycles. The normalized spacial score (nSPS) is 20.8. The zero-order valence-electron chi connectivity index (χ0n) is 18.2. The van der Waals surface area contributed by atoms with Crippen molar-refractivity contribution in [2.24, 2.45) is 5.41 Å². The monoisotopic (exact) mass is 470 g/mol. The lowest BCUT2D eigenvalue weighted by molar-refractivity contribution is -0.385. The van der Waals surface area contributed by atoms with E-state index in [1.165, 1.54) is 48.5 Å². The molecule has 178 valence electrons. The Morgan fingerprint density at radius 1 is 0.882 bits per heavy atom. The minimum absolute atomic E-state index is 0.0990. The molecule has 0 radical (unpaired) electrons. The van der Waals surface area contributed by atoms with Crippen molar-refractivity contribution in [3.63, 3.8) is 0 Å². The van der Waals surface area contributed by atoms with Gasteiger partial charge in [0.2, 0.25) is 0 Å². The van der Waals surface area contributed by atoms with Crippen LogP contribution in [0.25, 0.3) is 0 Å². The number of benzene rings is 2. The van der Waals surface area contributed by atoms with Crippen molar-refractivity contribution in [1.29, 1.82) is 0 Å². The maximum atomic E-state index is 12.9. The molecule has 0 amide bonds. The quantitative estimate of drug-likeness (QED) is 0.140. The second-order valence-corrected chi connectivity index (χ2v) is 7.97. The summed E-state index contributed by atoms with van der Waals surface area (Å²) in [4.78, 5) is 45.4. The van der Waals surface area contributed by atoms with Crippen LogP contribution in [0.3, 0.4) is 0 Å². The Hall–Kier alpha value is -4.28. The molecule has 0 aliphatic heterocycles. The van der Waals surface area contributed by atoms with Crippen molar-refractivity contribution in [3.05, 3.63) is 80.9 Å². The molecule has 0 N–H and O–H groups in total. The van der Waals surface area contributed by atoms with Gasteiger partial charge in [-0.25, -0.2) is 4.79 Å². The first-order valence-electron chi connectivity index (χ1n) is 10.4. The number of hydrogen-bond acceptors (Lipinski definition) is 9. The number of esters is 1. The molecule has 0 bridgehead atoms. The van der Waals surface area contributed by atoms with Crippen molar-refractivity contribution in [2.45, 2.75) is 38.7 Å². The summed E-state index contributed by atoms with van der Waals surface area (Å²) in [5, 5.41) is 21.5. The Labute approximate surface area is 194 Å². The highest BCUT2D eigenvalue weighted by Crippen LogP contribution is 2.35. The van der Waals surface area contributed by atoms with E-state index in [4.69, 9.17) is 14.2 Å². The fraction of sp³-hybridized carbons (Fsp3) is 0.304. The van der Waals surface area contributed by atoms with E-state index >= 15 is 0 Å². The van der Waals surface area contributed by atoms with Crippen LogP contribution in [0, 0.1) is 25.6 Å². The summed E-state index contributed by atoms with van der Waals surface area (Å²) in [7, 11) is 0. The maximum Gasteiger partial charge on any atom is 0.514 e. The van der Waals surface area contributed by atoms with Gasteiger partial charge < -0.3 is 14.2 Å². The highest BCUT2D eigenvalue weighted by molar-refractivity contribution is 5.79. The van der Waals surface area contributed by atoms with Gasteiger partial charge in [0.15, 0.2) is 0 Å². The second-order valence-electron chi connectivity index (χ2n) is 7.97. The Kier molecular flexibility index (Phi) is 7.57. The van der Waals surface area contributed by atoms with E-state index in [-0.39, 0.29) is 22.9 Å². The number of hydrogen-bond donors (Lipinski definition) is 0. The van der Waals surface area contributed by atoms with Crippen LogP contribution in [-0.2, 0) is 9.53 Å². The van der Waals surface area contributed by atoms with Crippen LogP contribution >= 0.6 is 0 Å². The first kappa shape index (κ1) is 24.4. The molecular formula is C23H22N2O9. The molecule has 0 unspecified atom stereocenters. The summed E-state index contributed by atoms with van der Waals surface area (Å²) >= 11 is 0. The Morgan fingerprint density at radius 3 is 1.94 bits per heavy atom. The molecule has 0 aromatic heterocycles. The molecule has 3 rings (SSSR count). The first-order chi connectivity index (χ1) is 16.2. The third kappa shape index (κ3) is 6.37. The average Bonchev–Trinajstić information content (AvgIpc) is 2.79. The summed E-state index contributed by atoms with van der Waals surface area (Å²) in [5.74, 6) is -0.181. The summed E-state index contributed by atoms with van der Waals surface area (Å²) in [6.07, 6.45) is 3.66. The number of non-ortho nitro benzene ring substituents is 2. The fourth-order valence-corrected chi connectivity index (χ4v) is 3.38. The number of carbonyl (C=O) groups excluding carboxylic acids is 2. The van der Waals surface area contributed by atoms with Crippen molar-refractivity contribution in [1.82, 2.24) is 0 Å². The van der Waals surface area contributed by atoms with E-state index < -0.39 is 33.5 Å². The van der Waals surface area contributed by atoms with Gasteiger partial charge in [0.1, 0.15) is 17.6 Å². The topological polar surface area (TPSA) is 148 Å². The van der Waals surface area contributed by atoms with Crippen LogP contribution in [0.4, 0.5) is 16.2 Å². The number of allylic oxidation sites excluding steroid dienone is 1. The van der Waals surface area contributed by atoms with Crippen LogP contribution in [0.1, 0.15) is 32.6 Å². The summed E-state index contributed by atoms with van der Waals surface area (Å²) in [6, 6.07) is 10.2. The number of nitrogens with zero attached hydrogens (tertiary/aromatic N) is 2. The zero-order chi connectivity index (χ0) is 24.7. The van der Waals surface area contributed by atoms with E-state index in [0.29, 0.717) is 25.7 Å². The molecule has 2 aromatic carbocycles. The largest absolute Gasteiger partial charge is 0.514 e. The van der Waals surface area contributed by atoms with Crippen molar-refractivity contribution >= 4 is 23.5 Å². The van der Waals surface area contributed by atoms with E-state index in [1.807, 2.05) is 0 Å². The summed E-state index contributed by atoms with van der Waals surface area (Å²) in [5.41, 5.74) is -1.11. The molecule has 1 aliphatic carbocycles. The van der Waals surface area contributed by atoms with Gasteiger partial charge >= 0.3 is 12.1 Å². The van der Waals surface area contributed by atoms with E-state index in [2.05, 4.69) is 0 Å². The van der Waals surface area contributed by atoms with Gasteiger partial charge in [-0.3, -0.25) is 25.0 Å². The molecule has 0 fully saturated rings. The smallest absolute Gasteiger partial charge is 0.426 e. The predicted molar refractivity (Wildman–Crippen MR) is 118 cm³/mol. The highest BCUT2D eigenvalue weighted by Gasteiger charge is 2.36. The van der Waals surface area contributed by atoms with Gasteiger partial charge in [-0.2, -0.15) is 0 Å². The minimum atomic E-state index is -0.973. The number of ether oxygens (including phenoxy) is 3. The van der Waals surface area contributed by atoms with Gasteiger partial charge in [-0.1, -0.05) is 6.08 Å². The molecule has 0 spiro atoms. The Bertz CT molecular complexity index is 1100. The predicted octanol–water partition coefficient (Wildman–Crippen LogP) is 5.13. The van der Waals surface area contributed by atoms with E-state index in [9.17, 15) is 29.8 Å². The van der Waals surface area contributed by atoms with Gasteiger partial charge in [-0.15, -0.1) is 0 Å². The average molecular weight is 470 g/mol. The lowest BCUT2D eigenvalue weighted by Gasteiger charge is -2.29. The Morgan fingerprint density at radius 2 is 1.41 bits per heavy atom. The van der Waals surface area contributed by atoms with Crippen molar-refractivity contribution in [2.75, 3.05) is 0 Å². The number of rotatable bonds is 6. The molecule has 11 nitrogen and oxygen atoms in total. The molecule has 2 aromatic rings. The number of nitro benzene ring substituents is 2. The third-order valence-electron chi connectivity index (χ3n) is 5.44. The first-order valence-corrected chi connectivity index (χ1v) is 10.4. The number of nitro groups is 2. The molecule has 2 atom stereocenters. The fourth-order valence-electron chi connectivity index (χ4n) is 3.38.